The van der Waals surface area contributed by atoms with Crippen molar-refractivity contribution in [3.63, 3.8) is 0 Å². The number of hydrogen-bond acceptors (Lipinski definition) is 6. The summed E-state index contributed by atoms with van der Waals surface area (Å²) in [4.78, 5) is 25.6. The van der Waals surface area contributed by atoms with Crippen LogP contribution in [0.4, 0.5) is 0 Å². The fraction of sp³-hybridized carbons (Fsp3) is 0.286. The molecular formula is C21H22ClN3O5. The third-order valence-electron chi connectivity index (χ3n) is 4.20. The van der Waals surface area contributed by atoms with Crippen molar-refractivity contribution in [1.29, 1.82) is 0 Å². The van der Waals surface area contributed by atoms with Gasteiger partial charge in [0.1, 0.15) is 11.5 Å². The quantitative estimate of drug-likeness (QED) is 0.510. The van der Waals surface area contributed by atoms with Gasteiger partial charge in [0.05, 0.1) is 24.5 Å². The van der Waals surface area contributed by atoms with Crippen LogP contribution < -0.4 is 14.9 Å². The molecule has 2 aromatic carbocycles. The molecule has 0 bridgehead atoms. The average Bonchev–Trinajstić information content (AvgIpc) is 2.78. The zero-order valence-corrected chi connectivity index (χ0v) is 17.0. The molecular weight excluding hydrogens is 410 g/mol. The van der Waals surface area contributed by atoms with E-state index in [9.17, 15) is 9.59 Å². The van der Waals surface area contributed by atoms with Crippen molar-refractivity contribution in [3.8, 4) is 11.5 Å². The number of ether oxygens (including phenoxy) is 3. The van der Waals surface area contributed by atoms with E-state index in [0.29, 0.717) is 42.8 Å². The van der Waals surface area contributed by atoms with Gasteiger partial charge in [-0.2, -0.15) is 5.10 Å². The minimum absolute atomic E-state index is 0.0189. The molecule has 1 heterocycles. The van der Waals surface area contributed by atoms with Crippen molar-refractivity contribution in [2.24, 2.45) is 5.10 Å². The molecule has 30 heavy (non-hydrogen) atoms. The molecule has 158 valence electrons. The van der Waals surface area contributed by atoms with E-state index in [4.69, 9.17) is 25.8 Å². The highest BCUT2D eigenvalue weighted by atomic mass is 35.5. The molecule has 2 aromatic rings. The van der Waals surface area contributed by atoms with E-state index >= 15 is 0 Å². The van der Waals surface area contributed by atoms with Crippen LogP contribution in [0.15, 0.2) is 53.6 Å². The number of nitrogens with zero attached hydrogens (tertiary/aromatic N) is 2. The standard InChI is InChI=1S/C21H22ClN3O5/c22-18-3-1-2-4-19(18)30-14-20(26)24-23-13-16-5-7-17(8-6-16)29-15-21(27)25-9-11-28-12-10-25/h1-8,13H,9-12,14-15H2,(H,24,26)/b23-13+. The molecule has 3 rings (SSSR count). The summed E-state index contributed by atoms with van der Waals surface area (Å²) in [6.45, 7) is 2.07. The molecule has 1 N–H and O–H groups in total. The van der Waals surface area contributed by atoms with Gasteiger partial charge < -0.3 is 19.1 Å². The summed E-state index contributed by atoms with van der Waals surface area (Å²) in [5, 5.41) is 4.32. The summed E-state index contributed by atoms with van der Waals surface area (Å²) in [7, 11) is 0. The number of hydrogen-bond donors (Lipinski definition) is 1. The first kappa shape index (κ1) is 21.6. The predicted octanol–water partition coefficient (Wildman–Crippen LogP) is 2.11. The lowest BCUT2D eigenvalue weighted by Gasteiger charge is -2.26. The van der Waals surface area contributed by atoms with Gasteiger partial charge in [-0.25, -0.2) is 5.43 Å². The van der Waals surface area contributed by atoms with Crippen LogP contribution >= 0.6 is 11.6 Å². The molecule has 0 aromatic heterocycles. The van der Waals surface area contributed by atoms with E-state index < -0.39 is 5.91 Å². The number of carbonyl (C=O) groups is 2. The van der Waals surface area contributed by atoms with Gasteiger partial charge in [-0.3, -0.25) is 9.59 Å². The summed E-state index contributed by atoms with van der Waals surface area (Å²) in [6, 6.07) is 13.9. The second kappa shape index (κ2) is 11.2. The van der Waals surface area contributed by atoms with Gasteiger partial charge in [0, 0.05) is 13.1 Å². The zero-order chi connectivity index (χ0) is 21.2. The Hall–Kier alpha value is -3.10. The van der Waals surface area contributed by atoms with E-state index in [1.807, 2.05) is 0 Å². The van der Waals surface area contributed by atoms with E-state index in [-0.39, 0.29) is 19.1 Å². The third kappa shape index (κ3) is 6.75. The van der Waals surface area contributed by atoms with Crippen molar-refractivity contribution >= 4 is 29.6 Å². The number of morpholine rings is 1. The maximum absolute atomic E-state index is 12.1. The molecule has 1 aliphatic heterocycles. The lowest BCUT2D eigenvalue weighted by Crippen LogP contribution is -2.42. The van der Waals surface area contributed by atoms with Crippen molar-refractivity contribution in [1.82, 2.24) is 10.3 Å². The Balaban J connectivity index is 1.39. The molecule has 0 atom stereocenters. The largest absolute Gasteiger partial charge is 0.484 e. The van der Waals surface area contributed by atoms with E-state index in [0.717, 1.165) is 5.56 Å². The van der Waals surface area contributed by atoms with Crippen LogP contribution in [0.1, 0.15) is 5.56 Å². The lowest BCUT2D eigenvalue weighted by atomic mass is 10.2. The highest BCUT2D eigenvalue weighted by Crippen LogP contribution is 2.22. The van der Waals surface area contributed by atoms with Crippen molar-refractivity contribution in [2.45, 2.75) is 0 Å². The van der Waals surface area contributed by atoms with E-state index in [1.54, 1.807) is 53.4 Å². The maximum Gasteiger partial charge on any atom is 0.277 e. The highest BCUT2D eigenvalue weighted by Gasteiger charge is 2.17. The van der Waals surface area contributed by atoms with Crippen LogP contribution in [0, 0.1) is 0 Å². The smallest absolute Gasteiger partial charge is 0.277 e. The molecule has 0 spiro atoms. The Labute approximate surface area is 179 Å². The Morgan fingerprint density at radius 1 is 1.07 bits per heavy atom. The van der Waals surface area contributed by atoms with Crippen LogP contribution in [0.2, 0.25) is 5.02 Å². The van der Waals surface area contributed by atoms with Crippen molar-refractivity contribution in [3.05, 3.63) is 59.1 Å². The Morgan fingerprint density at radius 3 is 2.53 bits per heavy atom. The summed E-state index contributed by atoms with van der Waals surface area (Å²) in [5.74, 6) is 0.533. The van der Waals surface area contributed by atoms with Crippen LogP contribution in [-0.4, -0.2) is 62.4 Å². The van der Waals surface area contributed by atoms with Gasteiger partial charge in [0.15, 0.2) is 13.2 Å². The highest BCUT2D eigenvalue weighted by molar-refractivity contribution is 6.32. The first-order valence-electron chi connectivity index (χ1n) is 9.39. The van der Waals surface area contributed by atoms with Crippen LogP contribution in [0.25, 0.3) is 0 Å². The zero-order valence-electron chi connectivity index (χ0n) is 16.3. The molecule has 0 radical (unpaired) electrons. The van der Waals surface area contributed by atoms with Gasteiger partial charge in [-0.1, -0.05) is 23.7 Å². The minimum atomic E-state index is -0.409. The van der Waals surface area contributed by atoms with Crippen LogP contribution in [-0.2, 0) is 14.3 Å². The fourth-order valence-corrected chi connectivity index (χ4v) is 2.81. The number of para-hydroxylation sites is 1. The Morgan fingerprint density at radius 2 is 1.80 bits per heavy atom. The monoisotopic (exact) mass is 431 g/mol. The fourth-order valence-electron chi connectivity index (χ4n) is 2.62. The van der Waals surface area contributed by atoms with Gasteiger partial charge in [-0.05, 0) is 42.0 Å². The number of amides is 2. The normalized spacial score (nSPS) is 13.8. The molecule has 1 fully saturated rings. The Kier molecular flexibility index (Phi) is 8.05. The third-order valence-corrected chi connectivity index (χ3v) is 4.52. The number of nitrogens with one attached hydrogen (secondary N) is 1. The topological polar surface area (TPSA) is 89.5 Å². The average molecular weight is 432 g/mol. The number of carbonyl (C=O) groups excluding carboxylic acids is 2. The summed E-state index contributed by atoms with van der Waals surface area (Å²) >= 11 is 5.96. The summed E-state index contributed by atoms with van der Waals surface area (Å²) < 4.78 is 16.1. The number of halogens is 1. The molecule has 8 nitrogen and oxygen atoms in total. The predicted molar refractivity (Wildman–Crippen MR) is 112 cm³/mol. The first-order chi connectivity index (χ1) is 14.6. The Bertz CT molecular complexity index is 882. The molecule has 0 aliphatic carbocycles. The van der Waals surface area contributed by atoms with Gasteiger partial charge in [-0.15, -0.1) is 0 Å². The molecule has 9 heteroatoms. The molecule has 0 saturated carbocycles. The molecule has 2 amide bonds. The maximum atomic E-state index is 12.1. The number of hydrazone groups is 1. The number of benzene rings is 2. The molecule has 0 unspecified atom stereocenters. The SMILES string of the molecule is O=C(COc1ccccc1Cl)N/N=C/c1ccc(OCC(=O)N2CCOCC2)cc1. The van der Waals surface area contributed by atoms with Gasteiger partial charge in [0.25, 0.3) is 11.8 Å². The van der Waals surface area contributed by atoms with Gasteiger partial charge >= 0.3 is 0 Å². The summed E-state index contributed by atoms with van der Waals surface area (Å²) in [5.41, 5.74) is 3.14. The summed E-state index contributed by atoms with van der Waals surface area (Å²) in [6.07, 6.45) is 1.50. The minimum Gasteiger partial charge on any atom is -0.484 e. The van der Waals surface area contributed by atoms with Crippen LogP contribution in [0.3, 0.4) is 0 Å². The number of rotatable bonds is 8. The lowest BCUT2D eigenvalue weighted by molar-refractivity contribution is -0.137. The van der Waals surface area contributed by atoms with Gasteiger partial charge in [0.2, 0.25) is 0 Å². The second-order valence-electron chi connectivity index (χ2n) is 6.36. The molecule has 1 saturated heterocycles. The van der Waals surface area contributed by atoms with E-state index in [1.165, 1.54) is 6.21 Å². The van der Waals surface area contributed by atoms with Crippen LogP contribution in [0.5, 0.6) is 11.5 Å². The van der Waals surface area contributed by atoms with Crippen molar-refractivity contribution < 1.29 is 23.8 Å². The second-order valence-corrected chi connectivity index (χ2v) is 6.77. The van der Waals surface area contributed by atoms with Crippen molar-refractivity contribution in [2.75, 3.05) is 39.5 Å². The molecule has 1 aliphatic rings. The van der Waals surface area contributed by atoms with E-state index in [2.05, 4.69) is 10.5 Å². The first-order valence-corrected chi connectivity index (χ1v) is 9.77.